The Labute approximate surface area is 135 Å². The third-order valence-electron chi connectivity index (χ3n) is 3.79. The fraction of sp³-hybridized carbons (Fsp3) is 0.875. The van der Waals surface area contributed by atoms with Crippen molar-refractivity contribution in [3.63, 3.8) is 0 Å². The smallest absolute Gasteiger partial charge is 0.268 e. The molecule has 0 aromatic heterocycles. The molecule has 0 N–H and O–H groups in total. The van der Waals surface area contributed by atoms with Crippen molar-refractivity contribution in [3.05, 3.63) is 11.6 Å². The molecule has 1 aliphatic carbocycles. The fourth-order valence-corrected chi connectivity index (χ4v) is 3.14. The summed E-state index contributed by atoms with van der Waals surface area (Å²) in [5.74, 6) is 0. The second-order valence-electron chi connectivity index (χ2n) is 7.05. The molecule has 1 atom stereocenters. The van der Waals surface area contributed by atoms with Gasteiger partial charge in [-0.25, -0.2) is 0 Å². The molecule has 130 valence electrons. The molecule has 0 aromatic rings. The molecule has 0 bridgehead atoms. The summed E-state index contributed by atoms with van der Waals surface area (Å²) in [5.41, 5.74) is 1.57. The Hall–Kier alpha value is -0.190. The molecule has 6 heteroatoms. The van der Waals surface area contributed by atoms with Gasteiger partial charge in [-0.2, -0.15) is 0 Å². The van der Waals surface area contributed by atoms with E-state index in [1.807, 2.05) is 21.1 Å². The van der Waals surface area contributed by atoms with Gasteiger partial charge in [0.15, 0.2) is 0 Å². The molecule has 0 heterocycles. The molecule has 1 unspecified atom stereocenters. The highest BCUT2D eigenvalue weighted by Gasteiger charge is 2.13. The highest BCUT2D eigenvalue weighted by atomic mass is 31.2. The Morgan fingerprint density at radius 2 is 1.73 bits per heavy atom. The number of phosphoric acid groups is 1. The maximum absolute atomic E-state index is 11.6. The first-order valence-electron chi connectivity index (χ1n) is 8.37. The van der Waals surface area contributed by atoms with Crippen LogP contribution in [0.5, 0.6) is 0 Å². The van der Waals surface area contributed by atoms with E-state index in [1.165, 1.54) is 32.1 Å². The van der Waals surface area contributed by atoms with Crippen LogP contribution in [0.15, 0.2) is 11.6 Å². The Kier molecular flexibility index (Phi) is 8.88. The Morgan fingerprint density at radius 3 is 2.36 bits per heavy atom. The lowest BCUT2D eigenvalue weighted by Gasteiger charge is -2.27. The van der Waals surface area contributed by atoms with Crippen molar-refractivity contribution < 1.29 is 23.0 Å². The van der Waals surface area contributed by atoms with Gasteiger partial charge in [0.05, 0.1) is 27.7 Å². The molecule has 0 saturated heterocycles. The summed E-state index contributed by atoms with van der Waals surface area (Å²) in [6.07, 6.45) is 11.5. The molecule has 0 amide bonds. The Balaban J connectivity index is 2.06. The lowest BCUT2D eigenvalue weighted by Crippen LogP contribution is -2.37. The first kappa shape index (κ1) is 19.9. The summed E-state index contributed by atoms with van der Waals surface area (Å²) in [7, 11) is 1.83. The molecule has 5 nitrogen and oxygen atoms in total. The summed E-state index contributed by atoms with van der Waals surface area (Å²) in [6, 6.07) is 0. The first-order valence-corrected chi connectivity index (χ1v) is 9.83. The number of likely N-dealkylation sites (N-methyl/N-ethyl adjacent to an activating group) is 1. The number of unbranched alkanes of at least 4 members (excludes halogenated alkanes) is 2. The number of quaternary nitrogens is 1. The Bertz CT molecular complexity index is 382. The van der Waals surface area contributed by atoms with Crippen LogP contribution in [0.3, 0.4) is 0 Å². The number of allylic oxidation sites excluding steroid dienone is 2. The zero-order valence-corrected chi connectivity index (χ0v) is 15.3. The lowest BCUT2D eigenvalue weighted by atomic mass is 9.94. The quantitative estimate of drug-likeness (QED) is 0.266. The standard InChI is InChI=1S/C16H32NO4P/c1-17(2,3)13-15-21-22(18,19)20-14-9-5-8-12-16-10-6-4-7-11-16/h12H,4-11,13-15H2,1-3H3. The van der Waals surface area contributed by atoms with E-state index in [-0.39, 0.29) is 13.2 Å². The van der Waals surface area contributed by atoms with E-state index in [1.54, 1.807) is 5.57 Å². The van der Waals surface area contributed by atoms with Crippen LogP contribution in [0.2, 0.25) is 0 Å². The molecule has 1 aliphatic rings. The summed E-state index contributed by atoms with van der Waals surface area (Å²) in [5, 5.41) is 0. The van der Waals surface area contributed by atoms with Gasteiger partial charge in [-0.05, 0) is 44.9 Å². The van der Waals surface area contributed by atoms with Crippen LogP contribution in [0.25, 0.3) is 0 Å². The van der Waals surface area contributed by atoms with E-state index in [0.29, 0.717) is 11.0 Å². The predicted molar refractivity (Wildman–Crippen MR) is 87.4 cm³/mol. The van der Waals surface area contributed by atoms with Gasteiger partial charge in [0, 0.05) is 0 Å². The molecule has 0 spiro atoms. The molecule has 22 heavy (non-hydrogen) atoms. The number of nitrogens with zero attached hydrogens (tertiary/aromatic N) is 1. The molecule has 1 fully saturated rings. The van der Waals surface area contributed by atoms with Crippen molar-refractivity contribution in [2.75, 3.05) is 40.9 Å². The second kappa shape index (κ2) is 9.84. The van der Waals surface area contributed by atoms with Crippen molar-refractivity contribution in [1.29, 1.82) is 0 Å². The van der Waals surface area contributed by atoms with Gasteiger partial charge in [0.1, 0.15) is 13.2 Å². The molecule has 0 radical (unpaired) electrons. The maximum atomic E-state index is 11.6. The van der Waals surface area contributed by atoms with Crippen LogP contribution in [0, 0.1) is 0 Å². The van der Waals surface area contributed by atoms with E-state index < -0.39 is 7.82 Å². The van der Waals surface area contributed by atoms with Crippen molar-refractivity contribution in [3.8, 4) is 0 Å². The van der Waals surface area contributed by atoms with Gasteiger partial charge in [0.25, 0.3) is 7.82 Å². The average molecular weight is 333 g/mol. The minimum atomic E-state index is -4.13. The monoisotopic (exact) mass is 333 g/mol. The van der Waals surface area contributed by atoms with Crippen LogP contribution in [0.4, 0.5) is 0 Å². The molecule has 1 rings (SSSR count). The summed E-state index contributed by atoms with van der Waals surface area (Å²) in [4.78, 5) is 11.6. The van der Waals surface area contributed by atoms with E-state index in [9.17, 15) is 9.46 Å². The zero-order chi connectivity index (χ0) is 16.5. The molecule has 1 saturated carbocycles. The number of hydrogen-bond donors (Lipinski definition) is 0. The van der Waals surface area contributed by atoms with Gasteiger partial charge in [-0.3, -0.25) is 4.57 Å². The van der Waals surface area contributed by atoms with Gasteiger partial charge in [0.2, 0.25) is 0 Å². The van der Waals surface area contributed by atoms with Gasteiger partial charge in [-0.15, -0.1) is 0 Å². The molecule has 0 aromatic carbocycles. The van der Waals surface area contributed by atoms with E-state index in [2.05, 4.69) is 6.08 Å². The lowest BCUT2D eigenvalue weighted by molar-refractivity contribution is -0.870. The van der Waals surface area contributed by atoms with Crippen LogP contribution >= 0.6 is 7.82 Å². The van der Waals surface area contributed by atoms with Crippen molar-refractivity contribution in [2.45, 2.75) is 51.4 Å². The summed E-state index contributed by atoms with van der Waals surface area (Å²) < 4.78 is 22.0. The summed E-state index contributed by atoms with van der Waals surface area (Å²) >= 11 is 0. The maximum Gasteiger partial charge on any atom is 0.268 e. The largest absolute Gasteiger partial charge is 0.756 e. The molecule has 0 aliphatic heterocycles. The van der Waals surface area contributed by atoms with Crippen LogP contribution in [0.1, 0.15) is 51.4 Å². The topological polar surface area (TPSA) is 58.6 Å². The zero-order valence-electron chi connectivity index (χ0n) is 14.4. The van der Waals surface area contributed by atoms with E-state index in [0.717, 1.165) is 19.3 Å². The minimum absolute atomic E-state index is 0.163. The molecular formula is C16H32NO4P. The number of hydrogen-bond acceptors (Lipinski definition) is 4. The summed E-state index contributed by atoms with van der Waals surface area (Å²) in [6.45, 7) is 1.01. The SMILES string of the molecule is C[N+](C)(C)CCOP(=O)([O-])OCCCCC=C1CCCCC1. The van der Waals surface area contributed by atoms with Crippen LogP contribution in [-0.4, -0.2) is 45.4 Å². The van der Waals surface area contributed by atoms with Crippen molar-refractivity contribution in [1.82, 2.24) is 0 Å². The molecular weight excluding hydrogens is 301 g/mol. The average Bonchev–Trinajstić information content (AvgIpc) is 2.42. The third-order valence-corrected chi connectivity index (χ3v) is 4.79. The highest BCUT2D eigenvalue weighted by Crippen LogP contribution is 2.38. The van der Waals surface area contributed by atoms with Crippen LogP contribution in [-0.2, 0) is 13.6 Å². The second-order valence-corrected chi connectivity index (χ2v) is 8.46. The minimum Gasteiger partial charge on any atom is -0.756 e. The normalized spacial score (nSPS) is 19.0. The number of phosphoric ester groups is 1. The van der Waals surface area contributed by atoms with Gasteiger partial charge >= 0.3 is 0 Å². The van der Waals surface area contributed by atoms with E-state index in [4.69, 9.17) is 9.05 Å². The third kappa shape index (κ3) is 10.5. The van der Waals surface area contributed by atoms with E-state index >= 15 is 0 Å². The van der Waals surface area contributed by atoms with Gasteiger partial charge < -0.3 is 18.4 Å². The van der Waals surface area contributed by atoms with Gasteiger partial charge in [-0.1, -0.05) is 18.1 Å². The fourth-order valence-electron chi connectivity index (χ4n) is 2.40. The van der Waals surface area contributed by atoms with Crippen LogP contribution < -0.4 is 4.89 Å². The van der Waals surface area contributed by atoms with Crippen molar-refractivity contribution >= 4 is 7.82 Å². The first-order chi connectivity index (χ1) is 10.3. The Morgan fingerprint density at radius 1 is 1.09 bits per heavy atom. The number of rotatable bonds is 10. The highest BCUT2D eigenvalue weighted by molar-refractivity contribution is 7.45. The van der Waals surface area contributed by atoms with Crippen molar-refractivity contribution in [2.24, 2.45) is 0 Å². The predicted octanol–water partition coefficient (Wildman–Crippen LogP) is 3.26.